The van der Waals surface area contributed by atoms with Crippen molar-refractivity contribution in [3.05, 3.63) is 84.4 Å². The van der Waals surface area contributed by atoms with Gasteiger partial charge in [-0.1, -0.05) is 66.7 Å². The van der Waals surface area contributed by atoms with Crippen LogP contribution in [0.25, 0.3) is 0 Å². The van der Waals surface area contributed by atoms with E-state index in [-0.39, 0.29) is 18.3 Å². The van der Waals surface area contributed by atoms with Gasteiger partial charge in [0.2, 0.25) is 0 Å². The second kappa shape index (κ2) is 8.92. The third-order valence-corrected chi connectivity index (χ3v) is 4.24. The Bertz CT molecular complexity index is 643. The Hall–Kier alpha value is -1.98. The summed E-state index contributed by atoms with van der Waals surface area (Å²) in [5.74, 6) is 0. The van der Waals surface area contributed by atoms with E-state index in [0.29, 0.717) is 13.2 Å². The molecule has 0 radical (unpaired) electrons. The third-order valence-electron chi connectivity index (χ3n) is 4.24. The molecule has 1 fully saturated rings. The highest BCUT2D eigenvalue weighted by Gasteiger charge is 2.45. The van der Waals surface area contributed by atoms with Gasteiger partial charge in [0.05, 0.1) is 13.2 Å². The number of hydrogen-bond donors (Lipinski definition) is 0. The van der Waals surface area contributed by atoms with Gasteiger partial charge in [0, 0.05) is 7.11 Å². The molecule has 4 atom stereocenters. The van der Waals surface area contributed by atoms with Crippen LogP contribution in [-0.4, -0.2) is 31.7 Å². The summed E-state index contributed by atoms with van der Waals surface area (Å²) in [6.45, 7) is 4.82. The zero-order valence-electron chi connectivity index (χ0n) is 14.4. The number of methoxy groups -OCH3 is 1. The Morgan fingerprint density at radius 3 is 1.88 bits per heavy atom. The van der Waals surface area contributed by atoms with Crippen LogP contribution in [0.1, 0.15) is 11.1 Å². The highest BCUT2D eigenvalue weighted by Crippen LogP contribution is 2.29. The molecule has 132 valence electrons. The molecule has 0 bridgehead atoms. The second-order valence-electron chi connectivity index (χ2n) is 5.96. The normalized spacial score (nSPS) is 25.8. The van der Waals surface area contributed by atoms with Crippen LogP contribution in [0.15, 0.2) is 73.3 Å². The Labute approximate surface area is 149 Å². The molecule has 2 aromatic carbocycles. The Morgan fingerprint density at radius 2 is 1.40 bits per heavy atom. The van der Waals surface area contributed by atoms with Crippen LogP contribution < -0.4 is 0 Å². The molecule has 1 aliphatic heterocycles. The lowest BCUT2D eigenvalue weighted by atomic mass is 10.1. The van der Waals surface area contributed by atoms with Crippen molar-refractivity contribution in [2.45, 2.75) is 37.8 Å². The summed E-state index contributed by atoms with van der Waals surface area (Å²) in [6.07, 6.45) is 0.401. The first-order valence-corrected chi connectivity index (χ1v) is 8.43. The molecule has 0 amide bonds. The highest BCUT2D eigenvalue weighted by atomic mass is 16.7. The first kappa shape index (κ1) is 17.8. The van der Waals surface area contributed by atoms with Gasteiger partial charge in [-0.3, -0.25) is 0 Å². The zero-order valence-corrected chi connectivity index (χ0v) is 14.4. The maximum absolute atomic E-state index is 6.12. The molecule has 4 nitrogen and oxygen atoms in total. The molecule has 4 heteroatoms. The summed E-state index contributed by atoms with van der Waals surface area (Å²) in [7, 11) is 1.61. The van der Waals surface area contributed by atoms with E-state index in [1.54, 1.807) is 13.2 Å². The average molecular weight is 340 g/mol. The van der Waals surface area contributed by atoms with Crippen LogP contribution in [0.2, 0.25) is 0 Å². The Morgan fingerprint density at radius 1 is 0.880 bits per heavy atom. The SMILES string of the molecule is C=C[C@H]1OC(OC)[C@H](OCc2ccccc2)[C@H]1OCc1ccccc1. The van der Waals surface area contributed by atoms with Crippen LogP contribution >= 0.6 is 0 Å². The fraction of sp³-hybridized carbons (Fsp3) is 0.333. The molecule has 2 aromatic rings. The van der Waals surface area contributed by atoms with Gasteiger partial charge in [-0.15, -0.1) is 6.58 Å². The summed E-state index contributed by atoms with van der Waals surface area (Å²) >= 11 is 0. The van der Waals surface area contributed by atoms with Crippen molar-refractivity contribution in [2.75, 3.05) is 7.11 Å². The second-order valence-corrected chi connectivity index (χ2v) is 5.96. The predicted octanol–water partition coefficient (Wildman–Crippen LogP) is 3.71. The van der Waals surface area contributed by atoms with Gasteiger partial charge >= 0.3 is 0 Å². The van der Waals surface area contributed by atoms with Gasteiger partial charge in [0.1, 0.15) is 18.3 Å². The minimum absolute atomic E-state index is 0.269. The lowest BCUT2D eigenvalue weighted by Crippen LogP contribution is -2.37. The molecule has 1 heterocycles. The molecule has 0 saturated carbocycles. The van der Waals surface area contributed by atoms with Crippen LogP contribution in [0, 0.1) is 0 Å². The number of hydrogen-bond acceptors (Lipinski definition) is 4. The molecule has 1 unspecified atom stereocenters. The molecule has 0 N–H and O–H groups in total. The average Bonchev–Trinajstić information content (AvgIpc) is 3.03. The fourth-order valence-electron chi connectivity index (χ4n) is 2.93. The van der Waals surface area contributed by atoms with Crippen molar-refractivity contribution in [3.63, 3.8) is 0 Å². The van der Waals surface area contributed by atoms with Crippen LogP contribution in [0.3, 0.4) is 0 Å². The largest absolute Gasteiger partial charge is 0.368 e. The van der Waals surface area contributed by atoms with Gasteiger partial charge in [0.15, 0.2) is 6.29 Å². The number of ether oxygens (including phenoxy) is 4. The molecular formula is C21H24O4. The maximum Gasteiger partial charge on any atom is 0.186 e. The maximum atomic E-state index is 6.12. The fourth-order valence-corrected chi connectivity index (χ4v) is 2.93. The minimum Gasteiger partial charge on any atom is -0.368 e. The summed E-state index contributed by atoms with van der Waals surface area (Å²) < 4.78 is 23.6. The van der Waals surface area contributed by atoms with E-state index in [9.17, 15) is 0 Å². The van der Waals surface area contributed by atoms with E-state index in [0.717, 1.165) is 11.1 Å². The smallest absolute Gasteiger partial charge is 0.186 e. The van der Waals surface area contributed by atoms with E-state index in [4.69, 9.17) is 18.9 Å². The first-order valence-electron chi connectivity index (χ1n) is 8.43. The van der Waals surface area contributed by atoms with Gasteiger partial charge in [-0.05, 0) is 11.1 Å². The van der Waals surface area contributed by atoms with Crippen LogP contribution in [0.5, 0.6) is 0 Å². The van der Waals surface area contributed by atoms with Crippen molar-refractivity contribution in [1.29, 1.82) is 0 Å². The van der Waals surface area contributed by atoms with Crippen molar-refractivity contribution in [2.24, 2.45) is 0 Å². The minimum atomic E-state index is -0.479. The quantitative estimate of drug-likeness (QED) is 0.687. The molecule has 0 spiro atoms. The summed E-state index contributed by atoms with van der Waals surface area (Å²) in [4.78, 5) is 0. The van der Waals surface area contributed by atoms with Crippen molar-refractivity contribution in [3.8, 4) is 0 Å². The summed E-state index contributed by atoms with van der Waals surface area (Å²) in [5, 5.41) is 0. The monoisotopic (exact) mass is 340 g/mol. The van der Waals surface area contributed by atoms with Gasteiger partial charge < -0.3 is 18.9 Å². The Balaban J connectivity index is 1.67. The van der Waals surface area contributed by atoms with Crippen molar-refractivity contribution < 1.29 is 18.9 Å². The van der Waals surface area contributed by atoms with Gasteiger partial charge in [-0.2, -0.15) is 0 Å². The summed E-state index contributed by atoms with van der Waals surface area (Å²) in [5.41, 5.74) is 2.20. The Kier molecular flexibility index (Phi) is 6.36. The third kappa shape index (κ3) is 4.55. The number of rotatable bonds is 8. The lowest BCUT2D eigenvalue weighted by molar-refractivity contribution is -0.164. The molecule has 1 aliphatic rings. The summed E-state index contributed by atoms with van der Waals surface area (Å²) in [6, 6.07) is 20.1. The van der Waals surface area contributed by atoms with Gasteiger partial charge in [-0.25, -0.2) is 0 Å². The van der Waals surface area contributed by atoms with E-state index in [1.807, 2.05) is 60.7 Å². The van der Waals surface area contributed by atoms with E-state index < -0.39 is 6.29 Å². The molecule has 25 heavy (non-hydrogen) atoms. The molecule has 3 rings (SSSR count). The topological polar surface area (TPSA) is 36.9 Å². The van der Waals surface area contributed by atoms with E-state index in [1.165, 1.54) is 0 Å². The lowest BCUT2D eigenvalue weighted by Gasteiger charge is -2.23. The highest BCUT2D eigenvalue weighted by molar-refractivity contribution is 5.15. The van der Waals surface area contributed by atoms with Crippen molar-refractivity contribution >= 4 is 0 Å². The van der Waals surface area contributed by atoms with Crippen LogP contribution in [0.4, 0.5) is 0 Å². The van der Waals surface area contributed by atoms with Crippen LogP contribution in [-0.2, 0) is 32.2 Å². The molecular weight excluding hydrogens is 316 g/mol. The van der Waals surface area contributed by atoms with Crippen molar-refractivity contribution in [1.82, 2.24) is 0 Å². The van der Waals surface area contributed by atoms with E-state index >= 15 is 0 Å². The zero-order chi connectivity index (χ0) is 17.5. The van der Waals surface area contributed by atoms with Gasteiger partial charge in [0.25, 0.3) is 0 Å². The first-order chi connectivity index (χ1) is 12.3. The van der Waals surface area contributed by atoms with E-state index in [2.05, 4.69) is 6.58 Å². The molecule has 0 aromatic heterocycles. The number of benzene rings is 2. The predicted molar refractivity (Wildman–Crippen MR) is 95.9 cm³/mol. The standard InChI is InChI=1S/C21H24O4/c1-3-18-19(23-14-16-10-6-4-7-11-16)20(21(22-2)25-18)24-15-17-12-8-5-9-13-17/h3-13,18-21H,1,14-15H2,2H3/t18-,19+,20-,21?/m1/s1. The molecule has 0 aliphatic carbocycles. The molecule has 1 saturated heterocycles.